The summed E-state index contributed by atoms with van der Waals surface area (Å²) in [6.45, 7) is -0.427. The van der Waals surface area contributed by atoms with Gasteiger partial charge in [-0.3, -0.25) is 4.79 Å². The number of alkyl halides is 1. The van der Waals surface area contributed by atoms with E-state index in [0.29, 0.717) is 11.8 Å². The van der Waals surface area contributed by atoms with Gasteiger partial charge in [0.1, 0.15) is 6.67 Å². The second kappa shape index (κ2) is 2.52. The quantitative estimate of drug-likeness (QED) is 0.554. The minimum atomic E-state index is -0.427. The fourth-order valence-electron chi connectivity index (χ4n) is 1.21. The maximum atomic E-state index is 12.1. The van der Waals surface area contributed by atoms with Gasteiger partial charge in [0.2, 0.25) is 5.91 Å². The predicted molar refractivity (Wildman–Crippen MR) is 41.8 cm³/mol. The molecule has 0 spiro atoms. The van der Waals surface area contributed by atoms with Gasteiger partial charge in [0, 0.05) is 12.0 Å². The van der Waals surface area contributed by atoms with Crippen molar-refractivity contribution in [2.75, 3.05) is 12.4 Å². The molecule has 0 aromatic rings. The van der Waals surface area contributed by atoms with E-state index in [1.165, 1.54) is 0 Å². The molecule has 2 nitrogen and oxygen atoms in total. The number of β-lactam (4-membered cyclic amide) rings is 1. The summed E-state index contributed by atoms with van der Waals surface area (Å²) in [5.74, 6) is 0.860. The van der Waals surface area contributed by atoms with Crippen molar-refractivity contribution in [1.29, 1.82) is 0 Å². The number of hydrogen-bond donors (Lipinski definition) is 0. The van der Waals surface area contributed by atoms with Crippen LogP contribution in [0.3, 0.4) is 0 Å². The third-order valence-electron chi connectivity index (χ3n) is 1.90. The SMILES string of the molecule is O=C1C[C@H]2SCC(CF)=CN12. The highest BCUT2D eigenvalue weighted by Gasteiger charge is 2.37. The van der Waals surface area contributed by atoms with Gasteiger partial charge in [0.25, 0.3) is 0 Å². The summed E-state index contributed by atoms with van der Waals surface area (Å²) in [4.78, 5) is 12.5. The average Bonchev–Trinajstić information content (AvgIpc) is 2.03. The van der Waals surface area contributed by atoms with Gasteiger partial charge in [-0.25, -0.2) is 4.39 Å². The highest BCUT2D eigenvalue weighted by molar-refractivity contribution is 8.00. The fourth-order valence-corrected chi connectivity index (χ4v) is 2.36. The summed E-state index contributed by atoms with van der Waals surface area (Å²) in [5, 5.41) is 0.304. The molecule has 0 aromatic carbocycles. The Labute approximate surface area is 68.4 Å². The second-order valence-electron chi connectivity index (χ2n) is 2.69. The van der Waals surface area contributed by atoms with E-state index in [1.807, 2.05) is 0 Å². The van der Waals surface area contributed by atoms with Crippen LogP contribution < -0.4 is 0 Å². The highest BCUT2D eigenvalue weighted by Crippen LogP contribution is 2.35. The van der Waals surface area contributed by atoms with Crippen LogP contribution in [0.25, 0.3) is 0 Å². The topological polar surface area (TPSA) is 20.3 Å². The molecule has 0 aliphatic carbocycles. The number of nitrogens with zero attached hydrogens (tertiary/aromatic N) is 1. The van der Waals surface area contributed by atoms with E-state index < -0.39 is 6.67 Å². The van der Waals surface area contributed by atoms with E-state index in [1.54, 1.807) is 22.9 Å². The van der Waals surface area contributed by atoms with Crippen LogP contribution in [0, 0.1) is 0 Å². The Morgan fingerprint density at radius 3 is 3.27 bits per heavy atom. The maximum absolute atomic E-state index is 12.1. The first kappa shape index (κ1) is 7.16. The van der Waals surface area contributed by atoms with Crippen LogP contribution in [0.5, 0.6) is 0 Å². The van der Waals surface area contributed by atoms with Crippen molar-refractivity contribution in [2.45, 2.75) is 11.8 Å². The summed E-state index contributed by atoms with van der Waals surface area (Å²) < 4.78 is 12.1. The summed E-state index contributed by atoms with van der Waals surface area (Å²) in [6.07, 6.45) is 2.29. The monoisotopic (exact) mass is 173 g/mol. The molecule has 0 bridgehead atoms. The predicted octanol–water partition coefficient (Wildman–Crippen LogP) is 1.15. The van der Waals surface area contributed by atoms with Crippen LogP contribution >= 0.6 is 11.8 Å². The van der Waals surface area contributed by atoms with Crippen LogP contribution in [0.15, 0.2) is 11.8 Å². The molecule has 1 amide bonds. The number of rotatable bonds is 1. The lowest BCUT2D eigenvalue weighted by Crippen LogP contribution is -2.49. The van der Waals surface area contributed by atoms with Gasteiger partial charge in [-0.2, -0.15) is 0 Å². The summed E-state index contributed by atoms with van der Waals surface area (Å²) in [6, 6.07) is 0. The van der Waals surface area contributed by atoms with E-state index in [2.05, 4.69) is 0 Å². The number of carbonyl (C=O) groups is 1. The van der Waals surface area contributed by atoms with Gasteiger partial charge >= 0.3 is 0 Å². The van der Waals surface area contributed by atoms with Gasteiger partial charge in [0.05, 0.1) is 11.8 Å². The first-order valence-electron chi connectivity index (χ1n) is 3.49. The Bertz CT molecular complexity index is 228. The van der Waals surface area contributed by atoms with Gasteiger partial charge in [0.15, 0.2) is 0 Å². The Morgan fingerprint density at radius 1 is 1.82 bits per heavy atom. The molecule has 0 aromatic heterocycles. The number of carbonyl (C=O) groups excluding carboxylic acids is 1. The first-order chi connectivity index (χ1) is 5.31. The molecule has 1 saturated heterocycles. The molecule has 60 valence electrons. The number of thioether (sulfide) groups is 1. The van der Waals surface area contributed by atoms with Gasteiger partial charge < -0.3 is 4.90 Å². The largest absolute Gasteiger partial charge is 0.306 e. The van der Waals surface area contributed by atoms with Crippen molar-refractivity contribution in [1.82, 2.24) is 4.90 Å². The Balaban J connectivity index is 2.13. The fraction of sp³-hybridized carbons (Fsp3) is 0.571. The lowest BCUT2D eigenvalue weighted by atomic mass is 10.2. The Hall–Kier alpha value is -0.510. The molecule has 0 radical (unpaired) electrons. The maximum Gasteiger partial charge on any atom is 0.230 e. The molecule has 0 unspecified atom stereocenters. The highest BCUT2D eigenvalue weighted by atomic mass is 32.2. The van der Waals surface area contributed by atoms with Gasteiger partial charge in [-0.05, 0) is 5.57 Å². The standard InChI is InChI=1S/C7H8FNOS/c8-2-5-3-9-6(10)1-7(9)11-4-5/h3,7H,1-2,4H2/t7-/m1/s1. The molecule has 0 N–H and O–H groups in total. The number of hydrogen-bond acceptors (Lipinski definition) is 2. The second-order valence-corrected chi connectivity index (χ2v) is 3.86. The molecule has 2 aliphatic heterocycles. The number of halogens is 1. The summed E-state index contributed by atoms with van der Waals surface area (Å²) >= 11 is 1.65. The average molecular weight is 173 g/mol. The molecule has 0 saturated carbocycles. The molecule has 2 rings (SSSR count). The smallest absolute Gasteiger partial charge is 0.230 e. The minimum Gasteiger partial charge on any atom is -0.306 e. The van der Waals surface area contributed by atoms with Crippen LogP contribution in [0.1, 0.15) is 6.42 Å². The van der Waals surface area contributed by atoms with Crippen molar-refractivity contribution < 1.29 is 9.18 Å². The zero-order valence-electron chi connectivity index (χ0n) is 5.92. The first-order valence-corrected chi connectivity index (χ1v) is 4.54. The van der Waals surface area contributed by atoms with E-state index >= 15 is 0 Å². The Morgan fingerprint density at radius 2 is 2.64 bits per heavy atom. The van der Waals surface area contributed by atoms with Gasteiger partial charge in [-0.1, -0.05) is 0 Å². The third-order valence-corrected chi connectivity index (χ3v) is 3.22. The lowest BCUT2D eigenvalue weighted by molar-refractivity contribution is -0.137. The van der Waals surface area contributed by atoms with E-state index in [-0.39, 0.29) is 5.91 Å². The zero-order valence-corrected chi connectivity index (χ0v) is 6.73. The minimum absolute atomic E-state index is 0.119. The van der Waals surface area contributed by atoms with E-state index in [4.69, 9.17) is 0 Å². The number of amides is 1. The van der Waals surface area contributed by atoms with Crippen molar-refractivity contribution in [3.63, 3.8) is 0 Å². The third kappa shape index (κ3) is 1.05. The molecule has 11 heavy (non-hydrogen) atoms. The van der Waals surface area contributed by atoms with Crippen molar-refractivity contribution in [2.24, 2.45) is 0 Å². The molecule has 1 fully saturated rings. The Kier molecular flexibility index (Phi) is 1.64. The molecule has 2 heterocycles. The van der Waals surface area contributed by atoms with Crippen molar-refractivity contribution in [3.05, 3.63) is 11.8 Å². The zero-order chi connectivity index (χ0) is 7.84. The van der Waals surface area contributed by atoms with Crippen molar-refractivity contribution in [3.8, 4) is 0 Å². The van der Waals surface area contributed by atoms with E-state index in [0.717, 1.165) is 11.3 Å². The molecule has 2 aliphatic rings. The van der Waals surface area contributed by atoms with Gasteiger partial charge in [-0.15, -0.1) is 11.8 Å². The van der Waals surface area contributed by atoms with Crippen LogP contribution in [-0.4, -0.2) is 28.6 Å². The lowest BCUT2D eigenvalue weighted by Gasteiger charge is -2.40. The van der Waals surface area contributed by atoms with Crippen LogP contribution in [-0.2, 0) is 4.79 Å². The molecule has 4 heteroatoms. The number of fused-ring (bicyclic) bond motifs is 1. The summed E-state index contributed by atoms with van der Waals surface area (Å²) in [7, 11) is 0. The van der Waals surface area contributed by atoms with Crippen molar-refractivity contribution >= 4 is 17.7 Å². The van der Waals surface area contributed by atoms with Crippen LogP contribution in [0.2, 0.25) is 0 Å². The molecule has 1 atom stereocenters. The summed E-state index contributed by atoms with van der Waals surface area (Å²) in [5.41, 5.74) is 0.722. The van der Waals surface area contributed by atoms with E-state index in [9.17, 15) is 9.18 Å². The van der Waals surface area contributed by atoms with Crippen LogP contribution in [0.4, 0.5) is 4.39 Å². The molecular formula is C7H8FNOS. The molecular weight excluding hydrogens is 165 g/mol. The normalized spacial score (nSPS) is 29.2.